The molecule has 0 N–H and O–H groups in total. The van der Waals surface area contributed by atoms with E-state index in [2.05, 4.69) is 19.9 Å². The maximum Gasteiger partial charge on any atom is 0.242 e. The van der Waals surface area contributed by atoms with Crippen molar-refractivity contribution in [3.8, 4) is 6.07 Å². The van der Waals surface area contributed by atoms with Crippen LogP contribution in [-0.2, 0) is 4.79 Å². The second-order valence-electron chi connectivity index (χ2n) is 5.79. The van der Waals surface area contributed by atoms with E-state index in [4.69, 9.17) is 5.26 Å². The highest BCUT2D eigenvalue weighted by atomic mass is 16.2. The molecule has 1 unspecified atom stereocenters. The summed E-state index contributed by atoms with van der Waals surface area (Å²) in [5, 5.41) is 9.12. The molecule has 1 amide bonds. The van der Waals surface area contributed by atoms with Crippen LogP contribution >= 0.6 is 0 Å². The summed E-state index contributed by atoms with van der Waals surface area (Å²) in [6.07, 6.45) is 2.79. The van der Waals surface area contributed by atoms with E-state index in [0.29, 0.717) is 6.42 Å². The number of rotatable bonds is 2. The fourth-order valence-electron chi connectivity index (χ4n) is 2.22. The fraction of sp³-hybridized carbons (Fsp3) is 0.846. The Kier molecular flexibility index (Phi) is 3.62. The molecule has 1 fully saturated rings. The molecule has 0 aromatic carbocycles. The Balaban J connectivity index is 2.79. The second kappa shape index (κ2) is 4.45. The zero-order valence-corrected chi connectivity index (χ0v) is 10.8. The summed E-state index contributed by atoms with van der Waals surface area (Å²) in [4.78, 5) is 14.1. The highest BCUT2D eigenvalue weighted by Crippen LogP contribution is 2.32. The number of nitrogens with zero attached hydrogens (tertiary/aromatic N) is 2. The number of piperidine rings is 1. The van der Waals surface area contributed by atoms with Gasteiger partial charge >= 0.3 is 0 Å². The van der Waals surface area contributed by atoms with Crippen molar-refractivity contribution in [3.63, 3.8) is 0 Å². The van der Waals surface area contributed by atoms with Gasteiger partial charge in [-0.15, -0.1) is 0 Å². The summed E-state index contributed by atoms with van der Waals surface area (Å²) < 4.78 is 0. The van der Waals surface area contributed by atoms with Crippen LogP contribution in [0, 0.1) is 22.2 Å². The van der Waals surface area contributed by atoms with E-state index in [0.717, 1.165) is 25.9 Å². The number of nitriles is 1. The third kappa shape index (κ3) is 2.55. The first-order valence-electron chi connectivity index (χ1n) is 6.05. The van der Waals surface area contributed by atoms with Gasteiger partial charge in [0.1, 0.15) is 5.41 Å². The van der Waals surface area contributed by atoms with Crippen LogP contribution < -0.4 is 0 Å². The molecule has 1 atom stereocenters. The third-order valence-electron chi connectivity index (χ3n) is 3.61. The quantitative estimate of drug-likeness (QED) is 0.720. The average Bonchev–Trinajstić information content (AvgIpc) is 2.25. The highest BCUT2D eigenvalue weighted by Gasteiger charge is 2.38. The molecular formula is C13H22N2O. The maximum atomic E-state index is 12.3. The molecule has 3 heteroatoms. The number of hydrogen-bond donors (Lipinski definition) is 0. The lowest BCUT2D eigenvalue weighted by Gasteiger charge is -2.40. The minimum absolute atomic E-state index is 0.00488. The van der Waals surface area contributed by atoms with Crippen molar-refractivity contribution in [2.75, 3.05) is 13.1 Å². The van der Waals surface area contributed by atoms with Gasteiger partial charge in [0.15, 0.2) is 0 Å². The lowest BCUT2D eigenvalue weighted by Crippen LogP contribution is -2.48. The van der Waals surface area contributed by atoms with Crippen LogP contribution in [0.5, 0.6) is 0 Å². The van der Waals surface area contributed by atoms with Gasteiger partial charge in [0.2, 0.25) is 5.91 Å². The number of hydrogen-bond acceptors (Lipinski definition) is 2. The summed E-state index contributed by atoms with van der Waals surface area (Å²) in [6, 6.07) is 2.16. The number of likely N-dealkylation sites (tertiary alicyclic amines) is 1. The van der Waals surface area contributed by atoms with Crippen LogP contribution in [0.3, 0.4) is 0 Å². The molecule has 1 saturated heterocycles. The molecule has 1 aliphatic rings. The van der Waals surface area contributed by atoms with Gasteiger partial charge in [-0.2, -0.15) is 5.26 Å². The Bertz CT molecular complexity index is 316. The van der Waals surface area contributed by atoms with Crippen LogP contribution in [0.25, 0.3) is 0 Å². The van der Waals surface area contributed by atoms with Crippen LogP contribution in [0.2, 0.25) is 0 Å². The minimum atomic E-state index is -0.840. The van der Waals surface area contributed by atoms with Crippen molar-refractivity contribution < 1.29 is 4.79 Å². The van der Waals surface area contributed by atoms with Gasteiger partial charge in [0, 0.05) is 13.1 Å². The number of carbonyl (C=O) groups is 1. The molecule has 3 nitrogen and oxygen atoms in total. The van der Waals surface area contributed by atoms with E-state index in [1.807, 2.05) is 11.8 Å². The maximum absolute atomic E-state index is 12.3. The first-order chi connectivity index (χ1) is 7.34. The van der Waals surface area contributed by atoms with Crippen molar-refractivity contribution in [1.82, 2.24) is 4.90 Å². The summed E-state index contributed by atoms with van der Waals surface area (Å²) >= 11 is 0. The Hall–Kier alpha value is -1.04. The van der Waals surface area contributed by atoms with Gasteiger partial charge in [0.25, 0.3) is 0 Å². The van der Waals surface area contributed by atoms with Gasteiger partial charge in [0.05, 0.1) is 6.07 Å². The van der Waals surface area contributed by atoms with E-state index in [1.165, 1.54) is 0 Å². The molecule has 1 rings (SSSR count). The predicted octanol–water partition coefficient (Wildman–Crippen LogP) is 2.57. The molecule has 0 spiro atoms. The molecule has 1 heterocycles. The topological polar surface area (TPSA) is 44.1 Å². The smallest absolute Gasteiger partial charge is 0.242 e. The van der Waals surface area contributed by atoms with Gasteiger partial charge in [-0.1, -0.05) is 20.8 Å². The first kappa shape index (κ1) is 13.0. The van der Waals surface area contributed by atoms with Gasteiger partial charge in [-0.3, -0.25) is 4.79 Å². The van der Waals surface area contributed by atoms with E-state index in [9.17, 15) is 4.79 Å². The molecule has 0 aromatic heterocycles. The van der Waals surface area contributed by atoms with Crippen molar-refractivity contribution >= 4 is 5.91 Å². The van der Waals surface area contributed by atoms with E-state index < -0.39 is 5.41 Å². The first-order valence-corrected chi connectivity index (χ1v) is 6.05. The number of amides is 1. The molecule has 16 heavy (non-hydrogen) atoms. The molecule has 0 saturated carbocycles. The van der Waals surface area contributed by atoms with Gasteiger partial charge in [-0.05, 0) is 31.6 Å². The molecule has 0 radical (unpaired) electrons. The lowest BCUT2D eigenvalue weighted by molar-refractivity contribution is -0.141. The van der Waals surface area contributed by atoms with Gasteiger partial charge < -0.3 is 4.90 Å². The Morgan fingerprint density at radius 2 is 2.19 bits per heavy atom. The predicted molar refractivity (Wildman–Crippen MR) is 63.6 cm³/mol. The molecule has 0 bridgehead atoms. The van der Waals surface area contributed by atoms with Crippen LogP contribution in [0.1, 0.15) is 47.0 Å². The normalized spacial score (nSPS) is 23.3. The Morgan fingerprint density at radius 3 is 2.62 bits per heavy atom. The molecule has 1 aliphatic heterocycles. The summed E-state index contributed by atoms with van der Waals surface area (Å²) in [6.45, 7) is 9.60. The largest absolute Gasteiger partial charge is 0.341 e. The SMILES string of the molecule is CCC(C)(C#N)C(=O)N1CCCC(C)(C)C1. The summed E-state index contributed by atoms with van der Waals surface area (Å²) in [5.74, 6) is 0.00488. The summed E-state index contributed by atoms with van der Waals surface area (Å²) in [7, 11) is 0. The monoisotopic (exact) mass is 222 g/mol. The van der Waals surface area contributed by atoms with Crippen molar-refractivity contribution in [1.29, 1.82) is 5.26 Å². The summed E-state index contributed by atoms with van der Waals surface area (Å²) in [5.41, 5.74) is -0.647. The van der Waals surface area contributed by atoms with Gasteiger partial charge in [-0.25, -0.2) is 0 Å². The van der Waals surface area contributed by atoms with Crippen molar-refractivity contribution in [2.24, 2.45) is 10.8 Å². The zero-order chi connectivity index (χ0) is 12.4. The number of carbonyl (C=O) groups excluding carboxylic acids is 1. The van der Waals surface area contributed by atoms with Crippen LogP contribution in [-0.4, -0.2) is 23.9 Å². The van der Waals surface area contributed by atoms with Crippen molar-refractivity contribution in [3.05, 3.63) is 0 Å². The molecule has 0 aliphatic carbocycles. The third-order valence-corrected chi connectivity index (χ3v) is 3.61. The standard InChI is InChI=1S/C13H22N2O/c1-5-13(4,9-14)11(16)15-8-6-7-12(2,3)10-15/h5-8,10H2,1-4H3. The molecule has 90 valence electrons. The molecular weight excluding hydrogens is 200 g/mol. The molecule has 0 aromatic rings. The minimum Gasteiger partial charge on any atom is -0.341 e. The lowest BCUT2D eigenvalue weighted by atomic mass is 9.81. The van der Waals surface area contributed by atoms with Crippen LogP contribution in [0.15, 0.2) is 0 Å². The second-order valence-corrected chi connectivity index (χ2v) is 5.79. The highest BCUT2D eigenvalue weighted by molar-refractivity contribution is 5.85. The van der Waals surface area contributed by atoms with Crippen LogP contribution in [0.4, 0.5) is 0 Å². The van der Waals surface area contributed by atoms with E-state index >= 15 is 0 Å². The fourth-order valence-corrected chi connectivity index (χ4v) is 2.22. The van der Waals surface area contributed by atoms with E-state index in [-0.39, 0.29) is 11.3 Å². The van der Waals surface area contributed by atoms with E-state index in [1.54, 1.807) is 6.92 Å². The Morgan fingerprint density at radius 1 is 1.56 bits per heavy atom. The van der Waals surface area contributed by atoms with Crippen molar-refractivity contribution in [2.45, 2.75) is 47.0 Å². The average molecular weight is 222 g/mol. The zero-order valence-electron chi connectivity index (χ0n) is 10.8. The Labute approximate surface area is 98.4 Å².